The Bertz CT molecular complexity index is 876. The Balaban J connectivity index is 1.61. The van der Waals surface area contributed by atoms with Gasteiger partial charge in [-0.25, -0.2) is 9.78 Å². The number of anilines is 1. The van der Waals surface area contributed by atoms with Crippen molar-refractivity contribution >= 4 is 11.8 Å². The van der Waals surface area contributed by atoms with Crippen LogP contribution in [0.2, 0.25) is 0 Å². The van der Waals surface area contributed by atoms with Crippen molar-refractivity contribution in [3.63, 3.8) is 0 Å². The van der Waals surface area contributed by atoms with Crippen LogP contribution in [0.1, 0.15) is 55.6 Å². The number of carbonyl (C=O) groups excluding carboxylic acids is 1. The third-order valence-electron chi connectivity index (χ3n) is 5.67. The van der Waals surface area contributed by atoms with Gasteiger partial charge in [0, 0.05) is 32.4 Å². The molecule has 0 aliphatic carbocycles. The van der Waals surface area contributed by atoms with Crippen LogP contribution >= 0.6 is 0 Å². The van der Waals surface area contributed by atoms with Crippen molar-refractivity contribution in [1.29, 1.82) is 0 Å². The molecule has 2 heterocycles. The second kappa shape index (κ2) is 11.0. The first-order valence-corrected chi connectivity index (χ1v) is 11.4. The van der Waals surface area contributed by atoms with Gasteiger partial charge < -0.3 is 14.5 Å². The molecule has 1 aromatic heterocycles. The zero-order valence-corrected chi connectivity index (χ0v) is 19.3. The Hall–Kier alpha value is -2.82. The fourth-order valence-electron chi connectivity index (χ4n) is 3.85. The third-order valence-corrected chi connectivity index (χ3v) is 5.67. The maximum Gasteiger partial charge on any atom is 0.342 e. The zero-order valence-electron chi connectivity index (χ0n) is 19.3. The van der Waals surface area contributed by atoms with Gasteiger partial charge in [-0.2, -0.15) is 0 Å². The minimum absolute atomic E-state index is 0.145. The van der Waals surface area contributed by atoms with Gasteiger partial charge in [0.05, 0.1) is 6.10 Å². The van der Waals surface area contributed by atoms with E-state index in [1.807, 2.05) is 13.8 Å². The third kappa shape index (κ3) is 6.33. The van der Waals surface area contributed by atoms with Crippen LogP contribution in [-0.2, 0) is 17.7 Å². The van der Waals surface area contributed by atoms with Crippen molar-refractivity contribution in [3.05, 3.63) is 71.6 Å². The molecular weight excluding hydrogens is 386 g/mol. The lowest BCUT2D eigenvalue weighted by molar-refractivity contribution is 0.0378. The first kappa shape index (κ1) is 22.9. The predicted octanol–water partition coefficient (Wildman–Crippen LogP) is 5.07. The van der Waals surface area contributed by atoms with Crippen molar-refractivity contribution in [1.82, 2.24) is 9.88 Å². The molecule has 1 fully saturated rings. The number of aryl methyl sites for hydroxylation is 1. The van der Waals surface area contributed by atoms with Crippen molar-refractivity contribution in [3.8, 4) is 0 Å². The number of ether oxygens (including phenoxy) is 1. The summed E-state index contributed by atoms with van der Waals surface area (Å²) < 4.78 is 5.40. The monoisotopic (exact) mass is 421 g/mol. The number of benzene rings is 1. The highest BCUT2D eigenvalue weighted by Crippen LogP contribution is 2.26. The topological polar surface area (TPSA) is 45.7 Å². The summed E-state index contributed by atoms with van der Waals surface area (Å²) in [5.41, 5.74) is 3.25. The molecule has 1 atom stereocenters. The van der Waals surface area contributed by atoms with Crippen LogP contribution in [0, 0.1) is 5.92 Å². The van der Waals surface area contributed by atoms with Gasteiger partial charge in [0.15, 0.2) is 0 Å². The fourth-order valence-corrected chi connectivity index (χ4v) is 3.85. The van der Waals surface area contributed by atoms with Gasteiger partial charge in [-0.3, -0.25) is 0 Å². The van der Waals surface area contributed by atoms with Crippen LogP contribution in [-0.4, -0.2) is 41.6 Å². The van der Waals surface area contributed by atoms with Gasteiger partial charge in [-0.05, 0) is 69.0 Å². The predicted molar refractivity (Wildman–Crippen MR) is 126 cm³/mol. The Labute approximate surface area is 186 Å². The van der Waals surface area contributed by atoms with Crippen LogP contribution in [0.5, 0.6) is 0 Å². The van der Waals surface area contributed by atoms with E-state index in [0.717, 1.165) is 44.8 Å². The van der Waals surface area contributed by atoms with Crippen LogP contribution in [0.3, 0.4) is 0 Å². The zero-order chi connectivity index (χ0) is 22.2. The molecule has 1 aliphatic rings. The van der Waals surface area contributed by atoms with E-state index >= 15 is 0 Å². The first-order valence-electron chi connectivity index (χ1n) is 11.4. The number of rotatable bonds is 9. The number of aromatic nitrogens is 1. The maximum atomic E-state index is 12.5. The summed E-state index contributed by atoms with van der Waals surface area (Å²) in [7, 11) is 0. The Kier molecular flexibility index (Phi) is 8.10. The molecule has 0 bridgehead atoms. The molecule has 1 aromatic carbocycles. The number of esters is 1. The lowest BCUT2D eigenvalue weighted by atomic mass is 10.1. The average molecular weight is 422 g/mol. The minimum Gasteiger partial charge on any atom is -0.459 e. The SMILES string of the molecule is CCc1ccc(CN(C=CC2CCN(c3ncccc3C(=O)OC(C)C)C2)CC)cc1. The molecule has 0 radical (unpaired) electrons. The van der Waals surface area contributed by atoms with Gasteiger partial charge in [0.1, 0.15) is 11.4 Å². The molecule has 5 nitrogen and oxygen atoms in total. The van der Waals surface area contributed by atoms with E-state index in [9.17, 15) is 4.79 Å². The summed E-state index contributed by atoms with van der Waals surface area (Å²) in [6.45, 7) is 11.7. The van der Waals surface area contributed by atoms with E-state index in [2.05, 4.69) is 65.2 Å². The molecule has 0 saturated carbocycles. The van der Waals surface area contributed by atoms with Gasteiger partial charge in [-0.1, -0.05) is 37.3 Å². The summed E-state index contributed by atoms with van der Waals surface area (Å²) in [4.78, 5) is 21.5. The van der Waals surface area contributed by atoms with Crippen molar-refractivity contribution in [2.75, 3.05) is 24.5 Å². The Morgan fingerprint density at radius 3 is 2.65 bits per heavy atom. The molecule has 0 N–H and O–H groups in total. The summed E-state index contributed by atoms with van der Waals surface area (Å²) in [5, 5.41) is 0. The van der Waals surface area contributed by atoms with E-state index in [1.54, 1.807) is 18.3 Å². The summed E-state index contributed by atoms with van der Waals surface area (Å²) in [6, 6.07) is 12.5. The number of hydrogen-bond donors (Lipinski definition) is 0. The quantitative estimate of drug-likeness (QED) is 0.529. The number of carbonyl (C=O) groups is 1. The molecular formula is C26H35N3O2. The van der Waals surface area contributed by atoms with Crippen molar-refractivity contribution < 1.29 is 9.53 Å². The summed E-state index contributed by atoms with van der Waals surface area (Å²) in [6.07, 6.45) is 8.26. The minimum atomic E-state index is -0.302. The summed E-state index contributed by atoms with van der Waals surface area (Å²) >= 11 is 0. The molecule has 3 rings (SSSR count). The van der Waals surface area contributed by atoms with Crippen LogP contribution in [0.15, 0.2) is 54.9 Å². The van der Waals surface area contributed by atoms with E-state index in [-0.39, 0.29) is 12.1 Å². The molecule has 2 aromatic rings. The Morgan fingerprint density at radius 1 is 1.23 bits per heavy atom. The molecule has 1 unspecified atom stereocenters. The normalized spacial score (nSPS) is 16.3. The van der Waals surface area contributed by atoms with Crippen molar-refractivity contribution in [2.45, 2.75) is 53.2 Å². The molecule has 1 saturated heterocycles. The molecule has 0 amide bonds. The standard InChI is InChI=1S/C26H35N3O2/c1-5-21-9-11-22(12-10-21)18-28(6-2)16-13-23-14-17-29(19-23)25-24(8-7-15-27-25)26(30)31-20(3)4/h7-13,15-16,20,23H,5-6,14,17-19H2,1-4H3. The smallest absolute Gasteiger partial charge is 0.342 e. The van der Waals surface area contributed by atoms with E-state index < -0.39 is 0 Å². The summed E-state index contributed by atoms with van der Waals surface area (Å²) in [5.74, 6) is 0.864. The highest BCUT2D eigenvalue weighted by atomic mass is 16.5. The number of pyridine rings is 1. The van der Waals surface area contributed by atoms with Gasteiger partial charge >= 0.3 is 5.97 Å². The molecule has 31 heavy (non-hydrogen) atoms. The van der Waals surface area contributed by atoms with Crippen molar-refractivity contribution in [2.24, 2.45) is 5.92 Å². The van der Waals surface area contributed by atoms with E-state index in [4.69, 9.17) is 4.74 Å². The highest BCUT2D eigenvalue weighted by Gasteiger charge is 2.26. The molecule has 1 aliphatic heterocycles. The molecule has 166 valence electrons. The largest absolute Gasteiger partial charge is 0.459 e. The fraction of sp³-hybridized carbons (Fsp3) is 0.462. The molecule has 5 heteroatoms. The lowest BCUT2D eigenvalue weighted by Crippen LogP contribution is -2.24. The maximum absolute atomic E-state index is 12.5. The first-order chi connectivity index (χ1) is 15.0. The van der Waals surface area contributed by atoms with E-state index in [0.29, 0.717) is 11.5 Å². The second-order valence-electron chi connectivity index (χ2n) is 8.40. The lowest BCUT2D eigenvalue weighted by Gasteiger charge is -2.21. The average Bonchev–Trinajstić information content (AvgIpc) is 3.25. The van der Waals surface area contributed by atoms with Gasteiger partial charge in [-0.15, -0.1) is 0 Å². The van der Waals surface area contributed by atoms with E-state index in [1.165, 1.54) is 11.1 Å². The number of hydrogen-bond acceptors (Lipinski definition) is 5. The van der Waals surface area contributed by atoms with Crippen LogP contribution in [0.25, 0.3) is 0 Å². The number of nitrogens with zero attached hydrogens (tertiary/aromatic N) is 3. The van der Waals surface area contributed by atoms with Crippen LogP contribution in [0.4, 0.5) is 5.82 Å². The Morgan fingerprint density at radius 2 is 1.97 bits per heavy atom. The van der Waals surface area contributed by atoms with Gasteiger partial charge in [0.25, 0.3) is 0 Å². The highest BCUT2D eigenvalue weighted by molar-refractivity contribution is 5.94. The molecule has 0 spiro atoms. The van der Waals surface area contributed by atoms with Crippen LogP contribution < -0.4 is 4.90 Å². The van der Waals surface area contributed by atoms with Gasteiger partial charge in [0.2, 0.25) is 0 Å². The second-order valence-corrected chi connectivity index (χ2v) is 8.40.